The maximum absolute atomic E-state index is 12.0. The first-order valence-corrected chi connectivity index (χ1v) is 7.40. The standard InChI is InChI=1S/C15H22N4O3/c1-12-7-17-5-6-19(12)15(21)11-22-10-14(20)18-9-13-3-2-4-16-8-13/h2-4,8,12,17H,5-7,9-11H2,1H3,(H,18,20)/t12-/m0/s1. The highest BCUT2D eigenvalue weighted by Crippen LogP contribution is 2.03. The second-order valence-electron chi connectivity index (χ2n) is 5.27. The summed E-state index contributed by atoms with van der Waals surface area (Å²) >= 11 is 0. The first kappa shape index (κ1) is 16.4. The lowest BCUT2D eigenvalue weighted by molar-refractivity contribution is -0.140. The average molecular weight is 306 g/mol. The van der Waals surface area contributed by atoms with Crippen LogP contribution in [0.1, 0.15) is 12.5 Å². The Balaban J connectivity index is 1.63. The number of amides is 2. The van der Waals surface area contributed by atoms with Crippen LogP contribution in [0, 0.1) is 0 Å². The minimum atomic E-state index is -0.245. The molecule has 1 aromatic rings. The molecule has 120 valence electrons. The van der Waals surface area contributed by atoms with E-state index in [2.05, 4.69) is 15.6 Å². The summed E-state index contributed by atoms with van der Waals surface area (Å²) in [5, 5.41) is 5.94. The SMILES string of the molecule is C[C@H]1CNCCN1C(=O)COCC(=O)NCc1cccnc1. The summed E-state index contributed by atoms with van der Waals surface area (Å²) in [6.45, 7) is 4.47. The van der Waals surface area contributed by atoms with E-state index in [1.165, 1.54) is 0 Å². The molecule has 1 saturated heterocycles. The van der Waals surface area contributed by atoms with Crippen molar-refractivity contribution in [1.29, 1.82) is 0 Å². The lowest BCUT2D eigenvalue weighted by Crippen LogP contribution is -2.53. The molecule has 0 spiro atoms. The zero-order valence-corrected chi connectivity index (χ0v) is 12.7. The zero-order valence-electron chi connectivity index (χ0n) is 12.7. The van der Waals surface area contributed by atoms with E-state index in [-0.39, 0.29) is 31.1 Å². The van der Waals surface area contributed by atoms with E-state index in [0.717, 1.165) is 18.7 Å². The molecule has 7 nitrogen and oxygen atoms in total. The Kier molecular flexibility index (Phi) is 6.29. The molecule has 0 unspecified atom stereocenters. The highest BCUT2D eigenvalue weighted by molar-refractivity contribution is 5.80. The van der Waals surface area contributed by atoms with E-state index in [0.29, 0.717) is 13.1 Å². The molecule has 2 N–H and O–H groups in total. The van der Waals surface area contributed by atoms with Crippen molar-refractivity contribution < 1.29 is 14.3 Å². The maximum atomic E-state index is 12.0. The molecule has 0 saturated carbocycles. The molecule has 2 rings (SSSR count). The van der Waals surface area contributed by atoms with Gasteiger partial charge in [0.05, 0.1) is 0 Å². The van der Waals surface area contributed by atoms with Gasteiger partial charge in [-0.15, -0.1) is 0 Å². The largest absolute Gasteiger partial charge is 0.362 e. The summed E-state index contributed by atoms with van der Waals surface area (Å²) in [6.07, 6.45) is 3.37. The fourth-order valence-electron chi connectivity index (χ4n) is 2.28. The quantitative estimate of drug-likeness (QED) is 0.743. The summed E-state index contributed by atoms with van der Waals surface area (Å²) in [6, 6.07) is 3.85. The number of pyridine rings is 1. The predicted molar refractivity (Wildman–Crippen MR) is 80.9 cm³/mol. The normalized spacial score (nSPS) is 18.0. The number of carbonyl (C=O) groups excluding carboxylic acids is 2. The first-order chi connectivity index (χ1) is 10.7. The summed E-state index contributed by atoms with van der Waals surface area (Å²) in [5.41, 5.74) is 0.918. The lowest BCUT2D eigenvalue weighted by atomic mass is 10.2. The fraction of sp³-hybridized carbons (Fsp3) is 0.533. The van der Waals surface area contributed by atoms with Crippen molar-refractivity contribution in [1.82, 2.24) is 20.5 Å². The molecule has 7 heteroatoms. The molecule has 2 amide bonds. The van der Waals surface area contributed by atoms with Crippen molar-refractivity contribution in [2.75, 3.05) is 32.8 Å². The van der Waals surface area contributed by atoms with Gasteiger partial charge in [-0.3, -0.25) is 14.6 Å². The minimum absolute atomic E-state index is 0.0648. The lowest BCUT2D eigenvalue weighted by Gasteiger charge is -2.33. The van der Waals surface area contributed by atoms with E-state index >= 15 is 0 Å². The minimum Gasteiger partial charge on any atom is -0.362 e. The highest BCUT2D eigenvalue weighted by Gasteiger charge is 2.22. The molecule has 1 aliphatic heterocycles. The van der Waals surface area contributed by atoms with Gasteiger partial charge < -0.3 is 20.3 Å². The van der Waals surface area contributed by atoms with Crippen LogP contribution in [0.25, 0.3) is 0 Å². The second kappa shape index (κ2) is 8.45. The van der Waals surface area contributed by atoms with Gasteiger partial charge in [0.15, 0.2) is 0 Å². The Labute approximate surface area is 130 Å². The van der Waals surface area contributed by atoms with Crippen LogP contribution in [0.3, 0.4) is 0 Å². The van der Waals surface area contributed by atoms with Gasteiger partial charge in [0.25, 0.3) is 0 Å². The van der Waals surface area contributed by atoms with Crippen LogP contribution in [0.4, 0.5) is 0 Å². The van der Waals surface area contributed by atoms with Crippen molar-refractivity contribution in [3.8, 4) is 0 Å². The van der Waals surface area contributed by atoms with Crippen LogP contribution in [-0.4, -0.2) is 60.6 Å². The monoisotopic (exact) mass is 306 g/mol. The number of ether oxygens (including phenoxy) is 1. The third-order valence-electron chi connectivity index (χ3n) is 3.49. The van der Waals surface area contributed by atoms with Gasteiger partial charge >= 0.3 is 0 Å². The molecule has 0 radical (unpaired) electrons. The second-order valence-corrected chi connectivity index (χ2v) is 5.27. The van der Waals surface area contributed by atoms with Crippen LogP contribution in [0.2, 0.25) is 0 Å². The molecule has 22 heavy (non-hydrogen) atoms. The number of piperazine rings is 1. The summed E-state index contributed by atoms with van der Waals surface area (Å²) in [5.74, 6) is -0.320. The molecule has 0 aromatic carbocycles. The number of hydrogen-bond acceptors (Lipinski definition) is 5. The van der Waals surface area contributed by atoms with Gasteiger partial charge in [-0.25, -0.2) is 0 Å². The molecule has 1 atom stereocenters. The van der Waals surface area contributed by atoms with Crippen LogP contribution >= 0.6 is 0 Å². The van der Waals surface area contributed by atoms with Crippen molar-refractivity contribution in [3.63, 3.8) is 0 Å². The van der Waals surface area contributed by atoms with Crippen LogP contribution in [-0.2, 0) is 20.9 Å². The molecule has 1 aromatic heterocycles. The molecule has 1 fully saturated rings. The molecule has 2 heterocycles. The number of nitrogens with zero attached hydrogens (tertiary/aromatic N) is 2. The van der Waals surface area contributed by atoms with Gasteiger partial charge in [-0.1, -0.05) is 6.07 Å². The first-order valence-electron chi connectivity index (χ1n) is 7.40. The summed E-state index contributed by atoms with van der Waals surface area (Å²) < 4.78 is 5.21. The van der Waals surface area contributed by atoms with Crippen LogP contribution in [0.5, 0.6) is 0 Å². The van der Waals surface area contributed by atoms with E-state index in [9.17, 15) is 9.59 Å². The van der Waals surface area contributed by atoms with E-state index in [1.807, 2.05) is 19.1 Å². The molecular formula is C15H22N4O3. The third kappa shape index (κ3) is 5.09. The summed E-state index contributed by atoms with van der Waals surface area (Å²) in [7, 11) is 0. The Morgan fingerprint density at radius 2 is 2.36 bits per heavy atom. The van der Waals surface area contributed by atoms with E-state index in [1.54, 1.807) is 17.3 Å². The van der Waals surface area contributed by atoms with Crippen molar-refractivity contribution >= 4 is 11.8 Å². The maximum Gasteiger partial charge on any atom is 0.248 e. The van der Waals surface area contributed by atoms with Gasteiger partial charge in [0, 0.05) is 44.6 Å². The highest BCUT2D eigenvalue weighted by atomic mass is 16.5. The molecule has 1 aliphatic rings. The number of aromatic nitrogens is 1. The van der Waals surface area contributed by atoms with Gasteiger partial charge in [-0.2, -0.15) is 0 Å². The fourth-order valence-corrected chi connectivity index (χ4v) is 2.28. The number of carbonyl (C=O) groups is 2. The summed E-state index contributed by atoms with van der Waals surface area (Å²) in [4.78, 5) is 29.4. The average Bonchev–Trinajstić information content (AvgIpc) is 2.54. The van der Waals surface area contributed by atoms with Gasteiger partial charge in [0.1, 0.15) is 13.2 Å². The predicted octanol–water partition coefficient (Wildman–Crippen LogP) is -0.465. The van der Waals surface area contributed by atoms with Gasteiger partial charge in [0.2, 0.25) is 11.8 Å². The molecule has 0 bridgehead atoms. The van der Waals surface area contributed by atoms with Crippen molar-refractivity contribution in [3.05, 3.63) is 30.1 Å². The molecule has 0 aliphatic carbocycles. The Morgan fingerprint density at radius 1 is 1.50 bits per heavy atom. The van der Waals surface area contributed by atoms with Crippen LogP contribution < -0.4 is 10.6 Å². The third-order valence-corrected chi connectivity index (χ3v) is 3.49. The van der Waals surface area contributed by atoms with Gasteiger partial charge in [-0.05, 0) is 18.6 Å². The Hall–Kier alpha value is -1.99. The van der Waals surface area contributed by atoms with E-state index < -0.39 is 0 Å². The van der Waals surface area contributed by atoms with E-state index in [4.69, 9.17) is 4.74 Å². The number of hydrogen-bond donors (Lipinski definition) is 2. The Morgan fingerprint density at radius 3 is 3.09 bits per heavy atom. The van der Waals surface area contributed by atoms with Crippen molar-refractivity contribution in [2.24, 2.45) is 0 Å². The topological polar surface area (TPSA) is 83.6 Å². The van der Waals surface area contributed by atoms with Crippen LogP contribution in [0.15, 0.2) is 24.5 Å². The number of nitrogens with one attached hydrogen (secondary N) is 2. The smallest absolute Gasteiger partial charge is 0.248 e. The Bertz CT molecular complexity index is 495. The molecular weight excluding hydrogens is 284 g/mol. The zero-order chi connectivity index (χ0) is 15.8. The number of rotatable bonds is 6. The van der Waals surface area contributed by atoms with Crippen molar-refractivity contribution in [2.45, 2.75) is 19.5 Å².